The maximum atomic E-state index is 12.7. The molecule has 1 unspecified atom stereocenters. The molecule has 0 aliphatic carbocycles. The zero-order chi connectivity index (χ0) is 20.5. The predicted octanol–water partition coefficient (Wildman–Crippen LogP) is 2.83. The number of carbonyl (C=O) groups excluding carboxylic acids is 1. The molecular weight excluding hydrogens is 368 g/mol. The van der Waals surface area contributed by atoms with Gasteiger partial charge in [-0.3, -0.25) is 9.69 Å². The van der Waals surface area contributed by atoms with Crippen LogP contribution in [0.5, 0.6) is 11.5 Å². The van der Waals surface area contributed by atoms with Crippen LogP contribution in [0.15, 0.2) is 48.5 Å². The third-order valence-corrected chi connectivity index (χ3v) is 5.13. The van der Waals surface area contributed by atoms with Gasteiger partial charge >= 0.3 is 0 Å². The lowest BCUT2D eigenvalue weighted by molar-refractivity contribution is -0.122. The number of benzene rings is 2. The van der Waals surface area contributed by atoms with Crippen molar-refractivity contribution in [2.45, 2.75) is 18.9 Å². The molecule has 156 valence electrons. The van der Waals surface area contributed by atoms with E-state index in [0.29, 0.717) is 12.8 Å². The van der Waals surface area contributed by atoms with Gasteiger partial charge in [0.1, 0.15) is 11.5 Å². The number of ether oxygens (including phenoxy) is 3. The molecule has 1 saturated heterocycles. The van der Waals surface area contributed by atoms with E-state index in [0.717, 1.165) is 55.5 Å². The van der Waals surface area contributed by atoms with Crippen LogP contribution in [0.25, 0.3) is 0 Å². The lowest BCUT2D eigenvalue weighted by Gasteiger charge is -2.31. The first-order chi connectivity index (χ1) is 14.2. The standard InChI is InChI=1S/C23H30N2O4/c1-27-20-14-18(15-21(16-20)28-2)8-9-23(26)24-22(19-6-4-3-5-7-19)17-25-10-12-29-13-11-25/h3-7,14-16,22H,8-13,17H2,1-2H3,(H,24,26). The van der Waals surface area contributed by atoms with Crippen LogP contribution >= 0.6 is 0 Å². The van der Waals surface area contributed by atoms with Crippen LogP contribution in [0, 0.1) is 0 Å². The van der Waals surface area contributed by atoms with E-state index in [2.05, 4.69) is 22.3 Å². The fourth-order valence-electron chi connectivity index (χ4n) is 3.50. The van der Waals surface area contributed by atoms with Gasteiger partial charge in [-0.25, -0.2) is 0 Å². The highest BCUT2D eigenvalue weighted by Gasteiger charge is 2.20. The molecule has 29 heavy (non-hydrogen) atoms. The largest absolute Gasteiger partial charge is 0.497 e. The van der Waals surface area contributed by atoms with Gasteiger partial charge in [0.15, 0.2) is 0 Å². The van der Waals surface area contributed by atoms with Gasteiger partial charge in [-0.2, -0.15) is 0 Å². The van der Waals surface area contributed by atoms with E-state index in [-0.39, 0.29) is 11.9 Å². The van der Waals surface area contributed by atoms with E-state index >= 15 is 0 Å². The molecule has 6 heteroatoms. The van der Waals surface area contributed by atoms with Gasteiger partial charge in [-0.15, -0.1) is 0 Å². The summed E-state index contributed by atoms with van der Waals surface area (Å²) in [5.41, 5.74) is 2.14. The van der Waals surface area contributed by atoms with Crippen molar-refractivity contribution in [3.8, 4) is 11.5 Å². The monoisotopic (exact) mass is 398 g/mol. The molecule has 3 rings (SSSR count). The van der Waals surface area contributed by atoms with Crippen molar-refractivity contribution in [1.29, 1.82) is 0 Å². The lowest BCUT2D eigenvalue weighted by Crippen LogP contribution is -2.43. The van der Waals surface area contributed by atoms with Crippen molar-refractivity contribution >= 4 is 5.91 Å². The average molecular weight is 399 g/mol. The third-order valence-electron chi connectivity index (χ3n) is 5.13. The first kappa shape index (κ1) is 21.1. The van der Waals surface area contributed by atoms with Gasteiger partial charge in [0.2, 0.25) is 5.91 Å². The summed E-state index contributed by atoms with van der Waals surface area (Å²) in [6.45, 7) is 4.05. The average Bonchev–Trinajstić information content (AvgIpc) is 2.78. The van der Waals surface area contributed by atoms with Crippen LogP contribution in [0.4, 0.5) is 0 Å². The second kappa shape index (κ2) is 10.8. The zero-order valence-electron chi connectivity index (χ0n) is 17.2. The summed E-state index contributed by atoms with van der Waals surface area (Å²) in [5.74, 6) is 1.50. The Balaban J connectivity index is 1.62. The van der Waals surface area contributed by atoms with E-state index in [1.807, 2.05) is 36.4 Å². The highest BCUT2D eigenvalue weighted by Crippen LogP contribution is 2.23. The van der Waals surface area contributed by atoms with Crippen LogP contribution in [-0.2, 0) is 16.0 Å². The Morgan fingerprint density at radius 1 is 1.07 bits per heavy atom. The number of rotatable bonds is 9. The Kier molecular flexibility index (Phi) is 7.90. The number of hydrogen-bond donors (Lipinski definition) is 1. The Hall–Kier alpha value is -2.57. The van der Waals surface area contributed by atoms with Gasteiger partial charge in [0, 0.05) is 32.1 Å². The highest BCUT2D eigenvalue weighted by molar-refractivity contribution is 5.76. The molecule has 0 aromatic heterocycles. The predicted molar refractivity (Wildman–Crippen MR) is 112 cm³/mol. The van der Waals surface area contributed by atoms with Crippen molar-refractivity contribution in [3.63, 3.8) is 0 Å². The first-order valence-corrected chi connectivity index (χ1v) is 10.0. The van der Waals surface area contributed by atoms with Gasteiger partial charge in [-0.1, -0.05) is 30.3 Å². The Bertz CT molecular complexity index is 753. The van der Waals surface area contributed by atoms with Crippen LogP contribution < -0.4 is 14.8 Å². The minimum absolute atomic E-state index is 0.0360. The van der Waals surface area contributed by atoms with Gasteiger partial charge in [0.25, 0.3) is 0 Å². The number of hydrogen-bond acceptors (Lipinski definition) is 5. The van der Waals surface area contributed by atoms with Crippen LogP contribution in [-0.4, -0.2) is 57.9 Å². The number of amides is 1. The van der Waals surface area contributed by atoms with Crippen molar-refractivity contribution in [2.24, 2.45) is 0 Å². The molecule has 1 aliphatic heterocycles. The molecule has 0 spiro atoms. The lowest BCUT2D eigenvalue weighted by atomic mass is 10.0. The third kappa shape index (κ3) is 6.48. The van der Waals surface area contributed by atoms with E-state index in [1.54, 1.807) is 14.2 Å². The van der Waals surface area contributed by atoms with Crippen LogP contribution in [0.2, 0.25) is 0 Å². The second-order valence-corrected chi connectivity index (χ2v) is 7.16. The Morgan fingerprint density at radius 3 is 2.34 bits per heavy atom. The fourth-order valence-corrected chi connectivity index (χ4v) is 3.50. The SMILES string of the molecule is COc1cc(CCC(=O)NC(CN2CCOCC2)c2ccccc2)cc(OC)c1. The van der Waals surface area contributed by atoms with Gasteiger partial charge in [0.05, 0.1) is 33.5 Å². The maximum absolute atomic E-state index is 12.7. The summed E-state index contributed by atoms with van der Waals surface area (Å²) >= 11 is 0. The minimum atomic E-state index is -0.0401. The van der Waals surface area contributed by atoms with Crippen LogP contribution in [0.1, 0.15) is 23.6 Å². The highest BCUT2D eigenvalue weighted by atomic mass is 16.5. The molecule has 1 amide bonds. The van der Waals surface area contributed by atoms with Crippen molar-refractivity contribution in [2.75, 3.05) is 47.1 Å². The first-order valence-electron chi connectivity index (χ1n) is 10.0. The van der Waals surface area contributed by atoms with Crippen molar-refractivity contribution in [3.05, 3.63) is 59.7 Å². The molecule has 2 aromatic carbocycles. The number of aryl methyl sites for hydroxylation is 1. The summed E-state index contributed by atoms with van der Waals surface area (Å²) in [6.07, 6.45) is 1.03. The van der Waals surface area contributed by atoms with Gasteiger partial charge in [-0.05, 0) is 29.7 Å². The summed E-state index contributed by atoms with van der Waals surface area (Å²) in [7, 11) is 3.25. The Labute approximate surface area is 172 Å². The van der Waals surface area contributed by atoms with E-state index in [9.17, 15) is 4.79 Å². The molecule has 1 heterocycles. The van der Waals surface area contributed by atoms with Crippen molar-refractivity contribution in [1.82, 2.24) is 10.2 Å². The Morgan fingerprint density at radius 2 is 1.72 bits per heavy atom. The molecule has 1 aliphatic rings. The van der Waals surface area contributed by atoms with Crippen LogP contribution in [0.3, 0.4) is 0 Å². The molecule has 6 nitrogen and oxygen atoms in total. The number of carbonyl (C=O) groups is 1. The molecule has 1 N–H and O–H groups in total. The van der Waals surface area contributed by atoms with E-state index in [1.165, 1.54) is 0 Å². The summed E-state index contributed by atoms with van der Waals surface area (Å²) < 4.78 is 16.1. The topological polar surface area (TPSA) is 60.0 Å². The summed E-state index contributed by atoms with van der Waals surface area (Å²) in [5, 5.41) is 3.22. The number of nitrogens with one attached hydrogen (secondary N) is 1. The summed E-state index contributed by atoms with van der Waals surface area (Å²) in [4.78, 5) is 15.1. The number of morpholine rings is 1. The summed E-state index contributed by atoms with van der Waals surface area (Å²) in [6, 6.07) is 15.8. The minimum Gasteiger partial charge on any atom is -0.497 e. The molecule has 1 atom stereocenters. The second-order valence-electron chi connectivity index (χ2n) is 7.16. The zero-order valence-corrected chi connectivity index (χ0v) is 17.2. The van der Waals surface area contributed by atoms with E-state index < -0.39 is 0 Å². The smallest absolute Gasteiger partial charge is 0.220 e. The molecule has 0 radical (unpaired) electrons. The van der Waals surface area contributed by atoms with E-state index in [4.69, 9.17) is 14.2 Å². The molecular formula is C23H30N2O4. The molecule has 2 aromatic rings. The molecule has 1 fully saturated rings. The number of nitrogens with zero attached hydrogens (tertiary/aromatic N) is 1. The van der Waals surface area contributed by atoms with Crippen molar-refractivity contribution < 1.29 is 19.0 Å². The fraction of sp³-hybridized carbons (Fsp3) is 0.435. The molecule has 0 bridgehead atoms. The number of methoxy groups -OCH3 is 2. The maximum Gasteiger partial charge on any atom is 0.220 e. The quantitative estimate of drug-likeness (QED) is 0.704. The normalized spacial score (nSPS) is 15.5. The molecule has 0 saturated carbocycles. The van der Waals surface area contributed by atoms with Gasteiger partial charge < -0.3 is 19.5 Å².